The van der Waals surface area contributed by atoms with Gasteiger partial charge < -0.3 is 19.9 Å². The van der Waals surface area contributed by atoms with Crippen LogP contribution in [0, 0.1) is 5.92 Å². The van der Waals surface area contributed by atoms with Crippen LogP contribution in [0.3, 0.4) is 0 Å². The Morgan fingerprint density at radius 1 is 1.15 bits per heavy atom. The van der Waals surface area contributed by atoms with Crippen LogP contribution < -0.4 is 5.32 Å². The van der Waals surface area contributed by atoms with Crippen LogP contribution in [0.25, 0.3) is 0 Å². The maximum atomic E-state index is 12.5. The SMILES string of the molecule is CC(C)(C)OC(=O)C1Nc2c(ncn2C(=O)OC(C)(C)C)CC1C(=O)O. The van der Waals surface area contributed by atoms with Gasteiger partial charge in [-0.25, -0.2) is 19.1 Å². The quantitative estimate of drug-likeness (QED) is 0.762. The van der Waals surface area contributed by atoms with Crippen LogP contribution in [-0.4, -0.2) is 49.9 Å². The smallest absolute Gasteiger partial charge is 0.421 e. The Hall–Kier alpha value is -2.58. The molecule has 0 spiro atoms. The number of imidazole rings is 1. The maximum absolute atomic E-state index is 12.5. The van der Waals surface area contributed by atoms with E-state index >= 15 is 0 Å². The molecule has 0 bridgehead atoms. The van der Waals surface area contributed by atoms with E-state index in [0.29, 0.717) is 5.69 Å². The first-order valence-electron chi connectivity index (χ1n) is 8.30. The zero-order valence-electron chi connectivity index (χ0n) is 15.8. The van der Waals surface area contributed by atoms with E-state index in [4.69, 9.17) is 9.47 Å². The number of hydrogen-bond acceptors (Lipinski definition) is 7. The first-order chi connectivity index (χ1) is 11.8. The third kappa shape index (κ3) is 4.53. The fourth-order valence-electron chi connectivity index (χ4n) is 2.53. The molecule has 0 fully saturated rings. The molecule has 26 heavy (non-hydrogen) atoms. The number of carbonyl (C=O) groups excluding carboxylic acids is 2. The summed E-state index contributed by atoms with van der Waals surface area (Å²) >= 11 is 0. The van der Waals surface area contributed by atoms with Gasteiger partial charge in [0.2, 0.25) is 0 Å². The third-order valence-electron chi connectivity index (χ3n) is 3.52. The number of carboxylic acids is 1. The van der Waals surface area contributed by atoms with Crippen molar-refractivity contribution in [1.82, 2.24) is 9.55 Å². The van der Waals surface area contributed by atoms with Gasteiger partial charge >= 0.3 is 18.0 Å². The summed E-state index contributed by atoms with van der Waals surface area (Å²) in [5.41, 5.74) is -1.10. The second kappa shape index (κ2) is 6.62. The molecule has 1 aromatic rings. The zero-order chi connectivity index (χ0) is 19.9. The number of nitrogens with one attached hydrogen (secondary N) is 1. The third-order valence-corrected chi connectivity index (χ3v) is 3.52. The number of aromatic nitrogens is 2. The monoisotopic (exact) mass is 367 g/mol. The Balaban J connectivity index is 2.33. The Morgan fingerprint density at radius 3 is 2.23 bits per heavy atom. The maximum Gasteiger partial charge on any atom is 0.421 e. The fraction of sp³-hybridized carbons (Fsp3) is 0.647. The first-order valence-corrected chi connectivity index (χ1v) is 8.30. The summed E-state index contributed by atoms with van der Waals surface area (Å²) < 4.78 is 11.8. The van der Waals surface area contributed by atoms with Crippen molar-refractivity contribution in [1.29, 1.82) is 0 Å². The largest absolute Gasteiger partial charge is 0.481 e. The summed E-state index contributed by atoms with van der Waals surface area (Å²) in [6, 6.07) is -1.14. The molecule has 9 nitrogen and oxygen atoms in total. The lowest BCUT2D eigenvalue weighted by atomic mass is 9.91. The molecule has 0 saturated heterocycles. The van der Waals surface area contributed by atoms with Gasteiger partial charge in [0.05, 0.1) is 11.6 Å². The highest BCUT2D eigenvalue weighted by Gasteiger charge is 2.42. The van der Waals surface area contributed by atoms with Gasteiger partial charge in [0.25, 0.3) is 0 Å². The molecule has 1 aromatic heterocycles. The molecular formula is C17H25N3O6. The normalized spacial score (nSPS) is 19.9. The number of esters is 1. The molecular weight excluding hydrogens is 342 g/mol. The van der Waals surface area contributed by atoms with Crippen LogP contribution in [0.2, 0.25) is 0 Å². The molecule has 0 radical (unpaired) electrons. The van der Waals surface area contributed by atoms with E-state index in [-0.39, 0.29) is 12.2 Å². The second-order valence-corrected chi connectivity index (χ2v) is 8.19. The number of anilines is 1. The molecule has 2 N–H and O–H groups in total. The van der Waals surface area contributed by atoms with Crippen LogP contribution >= 0.6 is 0 Å². The zero-order valence-corrected chi connectivity index (χ0v) is 15.8. The van der Waals surface area contributed by atoms with Crippen molar-refractivity contribution in [2.45, 2.75) is 65.2 Å². The minimum Gasteiger partial charge on any atom is -0.481 e. The van der Waals surface area contributed by atoms with Gasteiger partial charge in [-0.1, -0.05) is 0 Å². The minimum absolute atomic E-state index is 0.00261. The van der Waals surface area contributed by atoms with Crippen molar-refractivity contribution < 1.29 is 29.0 Å². The van der Waals surface area contributed by atoms with E-state index in [2.05, 4.69) is 10.3 Å². The molecule has 2 heterocycles. The highest BCUT2D eigenvalue weighted by atomic mass is 16.6. The summed E-state index contributed by atoms with van der Waals surface area (Å²) in [5, 5.41) is 12.3. The number of hydrogen-bond donors (Lipinski definition) is 2. The van der Waals surface area contributed by atoms with Crippen molar-refractivity contribution in [2.75, 3.05) is 5.32 Å². The fourth-order valence-corrected chi connectivity index (χ4v) is 2.53. The molecule has 0 amide bonds. The van der Waals surface area contributed by atoms with Crippen LogP contribution in [0.1, 0.15) is 47.2 Å². The van der Waals surface area contributed by atoms with E-state index in [1.54, 1.807) is 41.5 Å². The molecule has 1 aliphatic rings. The van der Waals surface area contributed by atoms with Crippen molar-refractivity contribution in [3.63, 3.8) is 0 Å². The molecule has 2 atom stereocenters. The molecule has 2 unspecified atom stereocenters. The lowest BCUT2D eigenvalue weighted by molar-refractivity contribution is -0.161. The molecule has 0 saturated carbocycles. The number of carboxylic acid groups (broad SMARTS) is 1. The van der Waals surface area contributed by atoms with Crippen molar-refractivity contribution >= 4 is 23.8 Å². The number of nitrogens with zero attached hydrogens (tertiary/aromatic N) is 2. The van der Waals surface area contributed by atoms with Crippen LogP contribution in [-0.2, 0) is 25.5 Å². The van der Waals surface area contributed by atoms with Gasteiger partial charge in [0.15, 0.2) is 0 Å². The van der Waals surface area contributed by atoms with E-state index < -0.39 is 41.2 Å². The molecule has 2 rings (SSSR count). The van der Waals surface area contributed by atoms with E-state index in [9.17, 15) is 19.5 Å². The topological polar surface area (TPSA) is 120 Å². The van der Waals surface area contributed by atoms with Gasteiger partial charge in [-0.05, 0) is 41.5 Å². The predicted molar refractivity (Wildman–Crippen MR) is 91.9 cm³/mol. The number of ether oxygens (including phenoxy) is 2. The van der Waals surface area contributed by atoms with Gasteiger partial charge in [-0.3, -0.25) is 4.79 Å². The highest BCUT2D eigenvalue weighted by molar-refractivity contribution is 5.89. The Bertz CT molecular complexity index is 726. The Morgan fingerprint density at radius 2 is 1.73 bits per heavy atom. The number of aliphatic carboxylic acids is 1. The van der Waals surface area contributed by atoms with Gasteiger partial charge in [-0.15, -0.1) is 0 Å². The second-order valence-electron chi connectivity index (χ2n) is 8.19. The van der Waals surface area contributed by atoms with Crippen LogP contribution in [0.5, 0.6) is 0 Å². The summed E-state index contributed by atoms with van der Waals surface area (Å²) in [7, 11) is 0. The van der Waals surface area contributed by atoms with Crippen molar-refractivity contribution in [3.8, 4) is 0 Å². The summed E-state index contributed by atoms with van der Waals surface area (Å²) in [6.07, 6.45) is 0.579. The molecule has 0 aliphatic carbocycles. The molecule has 144 valence electrons. The predicted octanol–water partition coefficient (Wildman–Crippen LogP) is 2.05. The lowest BCUT2D eigenvalue weighted by Crippen LogP contribution is -2.48. The Kier molecular flexibility index (Phi) is 5.03. The minimum atomic E-state index is -1.15. The number of carbonyl (C=O) groups is 3. The molecule has 0 aromatic carbocycles. The van der Waals surface area contributed by atoms with Gasteiger partial charge in [-0.2, -0.15) is 0 Å². The number of rotatable bonds is 2. The number of fused-ring (bicyclic) bond motifs is 1. The van der Waals surface area contributed by atoms with E-state index in [0.717, 1.165) is 4.57 Å². The van der Waals surface area contributed by atoms with Gasteiger partial charge in [0.1, 0.15) is 29.4 Å². The molecule has 1 aliphatic heterocycles. The van der Waals surface area contributed by atoms with Crippen LogP contribution in [0.4, 0.5) is 10.6 Å². The lowest BCUT2D eigenvalue weighted by Gasteiger charge is -2.31. The first kappa shape index (κ1) is 19.7. The van der Waals surface area contributed by atoms with Gasteiger partial charge in [0, 0.05) is 6.42 Å². The average Bonchev–Trinajstić information content (AvgIpc) is 2.84. The van der Waals surface area contributed by atoms with Crippen molar-refractivity contribution in [2.24, 2.45) is 5.92 Å². The highest BCUT2D eigenvalue weighted by Crippen LogP contribution is 2.30. The summed E-state index contributed by atoms with van der Waals surface area (Å²) in [5.74, 6) is -2.66. The summed E-state index contributed by atoms with van der Waals surface area (Å²) in [6.45, 7) is 10.3. The van der Waals surface area contributed by atoms with Crippen molar-refractivity contribution in [3.05, 3.63) is 12.0 Å². The Labute approximate surface area is 151 Å². The van der Waals surface area contributed by atoms with E-state index in [1.807, 2.05) is 0 Å². The standard InChI is InChI=1S/C17H25N3O6/c1-16(2,3)25-14(23)11-9(13(21)22)7-10-12(19-11)20(8-18-10)15(24)26-17(4,5)6/h8-9,11,19H,7H2,1-6H3,(H,21,22). The molecule has 9 heteroatoms. The van der Waals surface area contributed by atoms with Crippen LogP contribution in [0.15, 0.2) is 6.33 Å². The summed E-state index contributed by atoms with van der Waals surface area (Å²) in [4.78, 5) is 40.5. The van der Waals surface area contributed by atoms with E-state index in [1.165, 1.54) is 6.33 Å². The average molecular weight is 367 g/mol.